The number of carbonyl (C=O) groups excluding carboxylic acids is 1. The molecule has 0 bridgehead atoms. The Kier molecular flexibility index (Phi) is 4.98. The van der Waals surface area contributed by atoms with Gasteiger partial charge in [-0.1, -0.05) is 83.9 Å². The summed E-state index contributed by atoms with van der Waals surface area (Å²) in [5.41, 5.74) is 4.09. The first-order valence-electron chi connectivity index (χ1n) is 9.92. The van der Waals surface area contributed by atoms with Crippen LogP contribution in [0.15, 0.2) is 84.9 Å². The van der Waals surface area contributed by atoms with Gasteiger partial charge >= 0.3 is 0 Å². The highest BCUT2D eigenvalue weighted by atomic mass is 35.5. The quantitative estimate of drug-likeness (QED) is 0.335. The van der Waals surface area contributed by atoms with Crippen LogP contribution in [0, 0.1) is 0 Å². The fourth-order valence-electron chi connectivity index (χ4n) is 4.42. The number of fused-ring (bicyclic) bond motifs is 3. The number of rotatable bonds is 3. The van der Waals surface area contributed by atoms with Gasteiger partial charge in [0.2, 0.25) is 5.91 Å². The van der Waals surface area contributed by atoms with Gasteiger partial charge in [-0.05, 0) is 51.7 Å². The average Bonchev–Trinajstić information content (AvgIpc) is 2.75. The van der Waals surface area contributed by atoms with Gasteiger partial charge in [0.25, 0.3) is 0 Å². The van der Waals surface area contributed by atoms with Crippen LogP contribution in [-0.2, 0) is 11.3 Å². The third-order valence-corrected chi connectivity index (χ3v) is 6.36. The lowest BCUT2D eigenvalue weighted by molar-refractivity contribution is -0.119. The van der Waals surface area contributed by atoms with Crippen LogP contribution < -0.4 is 4.90 Å². The summed E-state index contributed by atoms with van der Waals surface area (Å²) in [5.74, 6) is 0.00517. The molecule has 0 saturated heterocycles. The van der Waals surface area contributed by atoms with E-state index in [4.69, 9.17) is 23.2 Å². The van der Waals surface area contributed by atoms with Gasteiger partial charge in [0.05, 0.1) is 6.54 Å². The van der Waals surface area contributed by atoms with Crippen LogP contribution in [0.5, 0.6) is 0 Å². The second-order valence-electron chi connectivity index (χ2n) is 7.61. The SMILES string of the molecule is O=C1CC(c2ccccc2Cl)c2c(ccc3ccccc23)N1Cc1cccc(Cl)c1. The monoisotopic (exact) mass is 431 g/mol. The predicted molar refractivity (Wildman–Crippen MR) is 125 cm³/mol. The second-order valence-corrected chi connectivity index (χ2v) is 8.45. The Balaban J connectivity index is 1.70. The molecule has 0 spiro atoms. The summed E-state index contributed by atoms with van der Waals surface area (Å²) in [6.07, 6.45) is 0.380. The predicted octanol–water partition coefficient (Wildman–Crippen LogP) is 7.22. The Bertz CT molecular complexity index is 1270. The van der Waals surface area contributed by atoms with E-state index in [1.165, 1.54) is 0 Å². The number of amides is 1. The fraction of sp³-hybridized carbons (Fsp3) is 0.115. The first-order valence-corrected chi connectivity index (χ1v) is 10.7. The van der Waals surface area contributed by atoms with Gasteiger partial charge in [0, 0.05) is 28.1 Å². The van der Waals surface area contributed by atoms with Gasteiger partial charge in [-0.3, -0.25) is 4.79 Å². The Morgan fingerprint density at radius 1 is 0.867 bits per heavy atom. The Morgan fingerprint density at radius 3 is 2.50 bits per heavy atom. The summed E-state index contributed by atoms with van der Waals surface area (Å²) in [5, 5.41) is 3.68. The first kappa shape index (κ1) is 19.2. The lowest BCUT2D eigenvalue weighted by Gasteiger charge is -2.35. The van der Waals surface area contributed by atoms with Crippen molar-refractivity contribution in [3.8, 4) is 0 Å². The fourth-order valence-corrected chi connectivity index (χ4v) is 4.90. The highest BCUT2D eigenvalue weighted by molar-refractivity contribution is 6.31. The van der Waals surface area contributed by atoms with E-state index in [-0.39, 0.29) is 11.8 Å². The van der Waals surface area contributed by atoms with E-state index in [0.717, 1.165) is 33.2 Å². The molecule has 1 amide bonds. The molecule has 1 heterocycles. The molecule has 5 rings (SSSR count). The molecule has 0 fully saturated rings. The summed E-state index contributed by atoms with van der Waals surface area (Å²) in [7, 11) is 0. The molecule has 30 heavy (non-hydrogen) atoms. The third-order valence-electron chi connectivity index (χ3n) is 5.78. The lowest BCUT2D eigenvalue weighted by atomic mass is 9.81. The van der Waals surface area contributed by atoms with Crippen LogP contribution in [0.4, 0.5) is 5.69 Å². The minimum absolute atomic E-state index is 0.0806. The van der Waals surface area contributed by atoms with Crippen LogP contribution in [0.1, 0.15) is 29.0 Å². The highest BCUT2D eigenvalue weighted by Gasteiger charge is 2.34. The van der Waals surface area contributed by atoms with Gasteiger partial charge in [0.1, 0.15) is 0 Å². The number of hydrogen-bond acceptors (Lipinski definition) is 1. The van der Waals surface area contributed by atoms with Crippen molar-refractivity contribution in [2.75, 3.05) is 4.90 Å². The maximum absolute atomic E-state index is 13.3. The number of nitrogens with zero attached hydrogens (tertiary/aromatic N) is 1. The zero-order valence-electron chi connectivity index (χ0n) is 16.2. The van der Waals surface area contributed by atoms with Gasteiger partial charge in [-0.2, -0.15) is 0 Å². The molecule has 1 aliphatic rings. The van der Waals surface area contributed by atoms with E-state index < -0.39 is 0 Å². The van der Waals surface area contributed by atoms with Crippen molar-refractivity contribution in [2.24, 2.45) is 0 Å². The Morgan fingerprint density at radius 2 is 1.67 bits per heavy atom. The molecule has 0 aliphatic carbocycles. The zero-order valence-corrected chi connectivity index (χ0v) is 17.7. The van der Waals surface area contributed by atoms with Crippen LogP contribution in [0.25, 0.3) is 10.8 Å². The largest absolute Gasteiger partial charge is 0.308 e. The Hall–Kier alpha value is -2.81. The zero-order chi connectivity index (χ0) is 20.7. The average molecular weight is 432 g/mol. The topological polar surface area (TPSA) is 20.3 Å². The lowest BCUT2D eigenvalue weighted by Crippen LogP contribution is -2.36. The molecule has 4 aromatic carbocycles. The second kappa shape index (κ2) is 7.79. The normalized spacial score (nSPS) is 16.0. The third kappa shape index (κ3) is 3.36. The molecular formula is C26H19Cl2NO. The summed E-state index contributed by atoms with van der Waals surface area (Å²) in [6.45, 7) is 0.486. The molecule has 148 valence electrons. The molecular weight excluding hydrogens is 413 g/mol. The Labute approximate surface area is 185 Å². The van der Waals surface area contributed by atoms with Gasteiger partial charge in [-0.15, -0.1) is 0 Å². The van der Waals surface area contributed by atoms with Crippen LogP contribution >= 0.6 is 23.2 Å². The molecule has 1 unspecified atom stereocenters. The minimum atomic E-state index is -0.0806. The van der Waals surface area contributed by atoms with Gasteiger partial charge in [0.15, 0.2) is 0 Å². The maximum atomic E-state index is 13.3. The molecule has 1 aliphatic heterocycles. The minimum Gasteiger partial charge on any atom is -0.308 e. The van der Waals surface area contributed by atoms with E-state index >= 15 is 0 Å². The smallest absolute Gasteiger partial charge is 0.228 e. The van der Waals surface area contributed by atoms with Crippen molar-refractivity contribution in [2.45, 2.75) is 18.9 Å². The van der Waals surface area contributed by atoms with E-state index in [2.05, 4.69) is 24.3 Å². The van der Waals surface area contributed by atoms with Gasteiger partial charge < -0.3 is 4.90 Å². The number of halogens is 2. The van der Waals surface area contributed by atoms with Crippen LogP contribution in [-0.4, -0.2) is 5.91 Å². The molecule has 0 N–H and O–H groups in total. The maximum Gasteiger partial charge on any atom is 0.228 e. The number of hydrogen-bond donors (Lipinski definition) is 0. The number of anilines is 1. The summed E-state index contributed by atoms with van der Waals surface area (Å²) < 4.78 is 0. The number of benzene rings is 4. The van der Waals surface area contributed by atoms with Crippen LogP contribution in [0.2, 0.25) is 10.0 Å². The summed E-state index contributed by atoms with van der Waals surface area (Å²) in [6, 6.07) is 28.0. The van der Waals surface area contributed by atoms with E-state index in [1.807, 2.05) is 65.6 Å². The van der Waals surface area contributed by atoms with Crippen molar-refractivity contribution in [3.63, 3.8) is 0 Å². The molecule has 1 atom stereocenters. The molecule has 0 aromatic heterocycles. The highest BCUT2D eigenvalue weighted by Crippen LogP contribution is 2.46. The molecule has 4 aromatic rings. The molecule has 0 radical (unpaired) electrons. The van der Waals surface area contributed by atoms with Crippen molar-refractivity contribution in [3.05, 3.63) is 112 Å². The van der Waals surface area contributed by atoms with Crippen molar-refractivity contribution >= 4 is 45.6 Å². The van der Waals surface area contributed by atoms with E-state index in [1.54, 1.807) is 0 Å². The standard InChI is InChI=1S/C26H19Cl2NO/c27-19-8-5-6-17(14-19)16-29-24-13-12-18-7-1-2-9-20(18)26(24)22(15-25(29)30)21-10-3-4-11-23(21)28/h1-14,22H,15-16H2. The molecule has 0 saturated carbocycles. The van der Waals surface area contributed by atoms with Crippen LogP contribution in [0.3, 0.4) is 0 Å². The molecule has 4 heteroatoms. The number of carbonyl (C=O) groups is 1. The first-order chi connectivity index (χ1) is 14.6. The van der Waals surface area contributed by atoms with E-state index in [0.29, 0.717) is 23.0 Å². The summed E-state index contributed by atoms with van der Waals surface area (Å²) >= 11 is 12.7. The van der Waals surface area contributed by atoms with E-state index in [9.17, 15) is 4.79 Å². The van der Waals surface area contributed by atoms with Crippen molar-refractivity contribution < 1.29 is 4.79 Å². The van der Waals surface area contributed by atoms with Gasteiger partial charge in [-0.25, -0.2) is 0 Å². The molecule has 2 nitrogen and oxygen atoms in total. The van der Waals surface area contributed by atoms with Crippen molar-refractivity contribution in [1.82, 2.24) is 0 Å². The summed E-state index contributed by atoms with van der Waals surface area (Å²) in [4.78, 5) is 15.2. The van der Waals surface area contributed by atoms with Crippen molar-refractivity contribution in [1.29, 1.82) is 0 Å².